The van der Waals surface area contributed by atoms with Crippen molar-refractivity contribution >= 4 is 17.2 Å². The molecule has 5 nitrogen and oxygen atoms in total. The molecule has 0 amide bonds. The van der Waals surface area contributed by atoms with Gasteiger partial charge in [-0.25, -0.2) is 4.98 Å². The summed E-state index contributed by atoms with van der Waals surface area (Å²) in [5, 5.41) is 17.4. The van der Waals surface area contributed by atoms with Gasteiger partial charge in [-0.2, -0.15) is 5.26 Å². The highest BCUT2D eigenvalue weighted by atomic mass is 35.5. The Morgan fingerprint density at radius 1 is 1.22 bits per heavy atom. The fraction of sp³-hybridized carbons (Fsp3) is 0. The third-order valence-corrected chi connectivity index (χ3v) is 2.72. The van der Waals surface area contributed by atoms with Crippen molar-refractivity contribution < 1.29 is 0 Å². The van der Waals surface area contributed by atoms with Crippen LogP contribution in [0.15, 0.2) is 36.7 Å². The molecule has 2 aromatic heterocycles. The normalized spacial score (nSPS) is 10.4. The van der Waals surface area contributed by atoms with Gasteiger partial charge in [-0.3, -0.25) is 4.40 Å². The molecule has 0 fully saturated rings. The number of nitrogens with zero attached hydrogens (tertiary/aromatic N) is 5. The lowest BCUT2D eigenvalue weighted by Crippen LogP contribution is -1.91. The number of hydrogen-bond acceptors (Lipinski definition) is 4. The minimum absolute atomic E-state index is 0.368. The van der Waals surface area contributed by atoms with Gasteiger partial charge in [0.15, 0.2) is 11.5 Å². The quantitative estimate of drug-likeness (QED) is 0.626. The molecular formula is C12H6ClN5. The Morgan fingerprint density at radius 3 is 2.94 bits per heavy atom. The van der Waals surface area contributed by atoms with Crippen LogP contribution >= 0.6 is 11.6 Å². The predicted molar refractivity (Wildman–Crippen MR) is 65.9 cm³/mol. The Morgan fingerprint density at radius 2 is 2.11 bits per heavy atom. The molecule has 0 saturated heterocycles. The zero-order valence-corrected chi connectivity index (χ0v) is 9.83. The maximum absolute atomic E-state index is 8.89. The first-order chi connectivity index (χ1) is 8.78. The Balaban J connectivity index is 2.23. The molecule has 0 aliphatic heterocycles. The smallest absolute Gasteiger partial charge is 0.169 e. The minimum Gasteiger partial charge on any atom is -0.265 e. The Kier molecular flexibility index (Phi) is 2.43. The topological polar surface area (TPSA) is 66.9 Å². The zero-order valence-electron chi connectivity index (χ0n) is 9.08. The van der Waals surface area contributed by atoms with Crippen LogP contribution in [-0.2, 0) is 0 Å². The van der Waals surface area contributed by atoms with Crippen LogP contribution in [0.4, 0.5) is 0 Å². The van der Waals surface area contributed by atoms with Crippen molar-refractivity contribution in [1.82, 2.24) is 19.6 Å². The summed E-state index contributed by atoms with van der Waals surface area (Å²) in [6.45, 7) is 0. The maximum Gasteiger partial charge on any atom is 0.169 e. The number of fused-ring (bicyclic) bond motifs is 1. The first kappa shape index (κ1) is 10.7. The average molecular weight is 256 g/mol. The van der Waals surface area contributed by atoms with E-state index in [0.29, 0.717) is 22.2 Å². The summed E-state index contributed by atoms with van der Waals surface area (Å²) < 4.78 is 1.72. The van der Waals surface area contributed by atoms with Crippen LogP contribution in [0, 0.1) is 11.3 Å². The molecule has 0 aliphatic carbocycles. The highest BCUT2D eigenvalue weighted by molar-refractivity contribution is 6.29. The van der Waals surface area contributed by atoms with Crippen molar-refractivity contribution in [1.29, 1.82) is 5.26 Å². The lowest BCUT2D eigenvalue weighted by molar-refractivity contribution is 1.08. The number of hydrogen-bond donors (Lipinski definition) is 0. The molecule has 0 aliphatic rings. The van der Waals surface area contributed by atoms with Crippen molar-refractivity contribution in [2.75, 3.05) is 0 Å². The molecule has 1 aromatic carbocycles. The molecule has 86 valence electrons. The van der Waals surface area contributed by atoms with Gasteiger partial charge in [0.25, 0.3) is 0 Å². The molecular weight excluding hydrogens is 250 g/mol. The van der Waals surface area contributed by atoms with Crippen LogP contribution in [0.25, 0.3) is 17.0 Å². The first-order valence-corrected chi connectivity index (χ1v) is 5.52. The fourth-order valence-corrected chi connectivity index (χ4v) is 1.84. The van der Waals surface area contributed by atoms with E-state index in [1.165, 1.54) is 0 Å². The molecule has 0 spiro atoms. The molecule has 0 N–H and O–H groups in total. The van der Waals surface area contributed by atoms with Crippen molar-refractivity contribution in [3.8, 4) is 17.5 Å². The van der Waals surface area contributed by atoms with Gasteiger partial charge >= 0.3 is 0 Å². The van der Waals surface area contributed by atoms with Crippen molar-refractivity contribution in [2.24, 2.45) is 0 Å². The summed E-state index contributed by atoms with van der Waals surface area (Å²) in [7, 11) is 0. The molecule has 6 heteroatoms. The standard InChI is InChI=1S/C12H6ClN5/c13-10-5-11-16-17-12(18(11)7-15-10)9-3-1-2-8(4-9)6-14/h1-5,7H. The number of nitriles is 1. The van der Waals surface area contributed by atoms with Gasteiger partial charge in [0.05, 0.1) is 11.6 Å². The summed E-state index contributed by atoms with van der Waals surface area (Å²) in [6.07, 6.45) is 1.56. The van der Waals surface area contributed by atoms with Crippen LogP contribution in [0.2, 0.25) is 5.15 Å². The molecule has 0 radical (unpaired) electrons. The van der Waals surface area contributed by atoms with E-state index in [1.807, 2.05) is 6.07 Å². The second-order valence-corrected chi connectivity index (χ2v) is 4.04. The second kappa shape index (κ2) is 4.09. The minimum atomic E-state index is 0.368. The summed E-state index contributed by atoms with van der Waals surface area (Å²) in [5.74, 6) is 0.631. The average Bonchev–Trinajstić information content (AvgIpc) is 2.81. The third-order valence-electron chi connectivity index (χ3n) is 2.52. The zero-order chi connectivity index (χ0) is 12.5. The Hall–Kier alpha value is -2.45. The van der Waals surface area contributed by atoms with E-state index in [2.05, 4.69) is 21.3 Å². The molecule has 0 unspecified atom stereocenters. The lowest BCUT2D eigenvalue weighted by Gasteiger charge is -1.99. The van der Waals surface area contributed by atoms with Gasteiger partial charge in [0, 0.05) is 11.6 Å². The summed E-state index contributed by atoms with van der Waals surface area (Å²) in [5.41, 5.74) is 2.00. The number of benzene rings is 1. The fourth-order valence-electron chi connectivity index (χ4n) is 1.70. The number of rotatable bonds is 1. The molecule has 3 rings (SSSR count). The van der Waals surface area contributed by atoms with Crippen LogP contribution in [0.5, 0.6) is 0 Å². The summed E-state index contributed by atoms with van der Waals surface area (Å²) >= 11 is 5.79. The number of halogens is 1. The SMILES string of the molecule is N#Cc1cccc(-c2nnc3cc(Cl)ncn23)c1. The van der Waals surface area contributed by atoms with E-state index >= 15 is 0 Å². The van der Waals surface area contributed by atoms with Gasteiger partial charge < -0.3 is 0 Å². The van der Waals surface area contributed by atoms with Gasteiger partial charge in [0.1, 0.15) is 11.5 Å². The third kappa shape index (κ3) is 1.69. The highest BCUT2D eigenvalue weighted by Gasteiger charge is 2.09. The summed E-state index contributed by atoms with van der Waals surface area (Å²) in [6, 6.07) is 10.9. The molecule has 3 aromatic rings. The van der Waals surface area contributed by atoms with E-state index in [-0.39, 0.29) is 0 Å². The molecule has 0 bridgehead atoms. The van der Waals surface area contributed by atoms with Crippen molar-refractivity contribution in [3.05, 3.63) is 47.4 Å². The summed E-state index contributed by atoms with van der Waals surface area (Å²) in [4.78, 5) is 3.99. The van der Waals surface area contributed by atoms with E-state index in [4.69, 9.17) is 16.9 Å². The van der Waals surface area contributed by atoms with Crippen LogP contribution in [0.1, 0.15) is 5.56 Å². The van der Waals surface area contributed by atoms with Gasteiger partial charge in [-0.05, 0) is 12.1 Å². The second-order valence-electron chi connectivity index (χ2n) is 3.66. The maximum atomic E-state index is 8.89. The number of aromatic nitrogens is 4. The lowest BCUT2D eigenvalue weighted by atomic mass is 10.1. The van der Waals surface area contributed by atoms with E-state index < -0.39 is 0 Å². The van der Waals surface area contributed by atoms with Gasteiger partial charge in [-0.15, -0.1) is 10.2 Å². The highest BCUT2D eigenvalue weighted by Crippen LogP contribution is 2.19. The monoisotopic (exact) mass is 255 g/mol. The molecule has 18 heavy (non-hydrogen) atoms. The Labute approximate surface area is 107 Å². The molecule has 2 heterocycles. The van der Waals surface area contributed by atoms with Crippen molar-refractivity contribution in [3.63, 3.8) is 0 Å². The largest absolute Gasteiger partial charge is 0.265 e. The van der Waals surface area contributed by atoms with Crippen molar-refractivity contribution in [2.45, 2.75) is 0 Å². The van der Waals surface area contributed by atoms with E-state index in [9.17, 15) is 0 Å². The molecule has 0 saturated carbocycles. The van der Waals surface area contributed by atoms with Crippen LogP contribution in [-0.4, -0.2) is 19.6 Å². The van der Waals surface area contributed by atoms with Crippen LogP contribution < -0.4 is 0 Å². The Bertz CT molecular complexity index is 771. The van der Waals surface area contributed by atoms with E-state index in [1.54, 1.807) is 35.0 Å². The predicted octanol–water partition coefficient (Wildman–Crippen LogP) is 2.32. The molecule has 0 atom stereocenters. The van der Waals surface area contributed by atoms with Gasteiger partial charge in [-0.1, -0.05) is 23.7 Å². The first-order valence-electron chi connectivity index (χ1n) is 5.15. The van der Waals surface area contributed by atoms with Crippen LogP contribution in [0.3, 0.4) is 0 Å². The van der Waals surface area contributed by atoms with Gasteiger partial charge in [0.2, 0.25) is 0 Å². The van der Waals surface area contributed by atoms with E-state index in [0.717, 1.165) is 5.56 Å².